The van der Waals surface area contributed by atoms with E-state index in [0.29, 0.717) is 5.82 Å². The normalized spacial score (nSPS) is 11.3. The van der Waals surface area contributed by atoms with Gasteiger partial charge < -0.3 is 0 Å². The lowest BCUT2D eigenvalue weighted by molar-refractivity contribution is 1.18. The molecule has 0 unspecified atom stereocenters. The molecular weight excluding hydrogens is 653 g/mol. The van der Waals surface area contributed by atoms with Crippen LogP contribution >= 0.6 is 0 Å². The van der Waals surface area contributed by atoms with Crippen LogP contribution in [0.25, 0.3) is 99.6 Å². The maximum atomic E-state index is 5.08. The van der Waals surface area contributed by atoms with E-state index in [0.717, 1.165) is 39.2 Å². The van der Waals surface area contributed by atoms with Gasteiger partial charge in [-0.15, -0.1) is 0 Å². The molecule has 0 N–H and O–H groups in total. The molecule has 10 aromatic rings. The highest BCUT2D eigenvalue weighted by Gasteiger charge is 2.13. The number of benzene rings is 9. The molecule has 2 nitrogen and oxygen atoms in total. The van der Waals surface area contributed by atoms with Gasteiger partial charge in [0.2, 0.25) is 0 Å². The van der Waals surface area contributed by atoms with Crippen molar-refractivity contribution in [3.63, 3.8) is 0 Å². The van der Waals surface area contributed by atoms with Crippen molar-refractivity contribution in [1.29, 1.82) is 0 Å². The monoisotopic (exact) mass is 686 g/mol. The van der Waals surface area contributed by atoms with Gasteiger partial charge in [-0.3, -0.25) is 0 Å². The molecule has 0 aliphatic rings. The van der Waals surface area contributed by atoms with E-state index in [9.17, 15) is 0 Å². The van der Waals surface area contributed by atoms with Crippen molar-refractivity contribution >= 4 is 32.3 Å². The van der Waals surface area contributed by atoms with E-state index < -0.39 is 0 Å². The van der Waals surface area contributed by atoms with E-state index >= 15 is 0 Å². The Balaban J connectivity index is 1.02. The summed E-state index contributed by atoms with van der Waals surface area (Å²) < 4.78 is 0. The first-order valence-electron chi connectivity index (χ1n) is 18.4. The molecule has 0 amide bonds. The topological polar surface area (TPSA) is 25.8 Å². The lowest BCUT2D eigenvalue weighted by Crippen LogP contribution is -1.96. The highest BCUT2D eigenvalue weighted by Crippen LogP contribution is 2.38. The highest BCUT2D eigenvalue weighted by atomic mass is 14.9. The Morgan fingerprint density at radius 1 is 0.204 bits per heavy atom. The van der Waals surface area contributed by atoms with Crippen molar-refractivity contribution in [2.75, 3.05) is 0 Å². The molecule has 2 heteroatoms. The number of hydrogen-bond donors (Lipinski definition) is 0. The number of nitrogens with zero attached hydrogens (tertiary/aromatic N) is 2. The third kappa shape index (κ3) is 5.81. The average Bonchev–Trinajstić information content (AvgIpc) is 3.27. The molecule has 1 aromatic heterocycles. The summed E-state index contributed by atoms with van der Waals surface area (Å²) >= 11 is 0. The van der Waals surface area contributed by atoms with Gasteiger partial charge in [-0.2, -0.15) is 0 Å². The van der Waals surface area contributed by atoms with Crippen molar-refractivity contribution in [2.45, 2.75) is 0 Å². The predicted molar refractivity (Wildman–Crippen MR) is 227 cm³/mol. The molecule has 1 heterocycles. The first-order chi connectivity index (χ1) is 26.7. The predicted octanol–water partition coefficient (Wildman–Crippen LogP) is 13.9. The molecule has 0 spiro atoms. The van der Waals surface area contributed by atoms with Crippen LogP contribution in [0.5, 0.6) is 0 Å². The fourth-order valence-corrected chi connectivity index (χ4v) is 7.77. The maximum absolute atomic E-state index is 5.08. The highest BCUT2D eigenvalue weighted by molar-refractivity contribution is 6.25. The van der Waals surface area contributed by atoms with E-state index in [4.69, 9.17) is 9.97 Å². The van der Waals surface area contributed by atoms with Gasteiger partial charge in [0.15, 0.2) is 5.82 Å². The molecule has 0 saturated heterocycles. The van der Waals surface area contributed by atoms with Crippen LogP contribution in [0.1, 0.15) is 0 Å². The zero-order chi connectivity index (χ0) is 35.8. The minimum Gasteiger partial charge on any atom is -0.228 e. The molecule has 10 rings (SSSR count). The standard InChI is InChI=1S/C52H34N2/c1-3-14-35(15-4-1)50-34-51(54-52(53-50)36-16-5-2-6-17-36)43-23-13-22-41(32-43)39-20-11-18-37(30-39)38-19-12-21-40(31-38)42-28-29-48-46-26-8-7-24-44(46)45-25-9-10-27-47(45)49(48)33-42/h1-34H. The Labute approximate surface area is 314 Å². The summed E-state index contributed by atoms with van der Waals surface area (Å²) in [5.74, 6) is 0.715. The number of aromatic nitrogens is 2. The van der Waals surface area contributed by atoms with Crippen molar-refractivity contribution in [2.24, 2.45) is 0 Å². The maximum Gasteiger partial charge on any atom is 0.160 e. The largest absolute Gasteiger partial charge is 0.228 e. The lowest BCUT2D eigenvalue weighted by atomic mass is 9.91. The van der Waals surface area contributed by atoms with E-state index in [-0.39, 0.29) is 0 Å². The molecule has 9 aromatic carbocycles. The zero-order valence-electron chi connectivity index (χ0n) is 29.5. The summed E-state index contributed by atoms with van der Waals surface area (Å²) in [6.45, 7) is 0. The van der Waals surface area contributed by atoms with Gasteiger partial charge in [-0.05, 0) is 96.0 Å². The van der Waals surface area contributed by atoms with Gasteiger partial charge in [0.05, 0.1) is 11.4 Å². The van der Waals surface area contributed by atoms with E-state index in [1.807, 2.05) is 36.4 Å². The van der Waals surface area contributed by atoms with Crippen molar-refractivity contribution < 1.29 is 0 Å². The first kappa shape index (κ1) is 31.6. The van der Waals surface area contributed by atoms with Gasteiger partial charge >= 0.3 is 0 Å². The minimum absolute atomic E-state index is 0.715. The van der Waals surface area contributed by atoms with Gasteiger partial charge in [-0.25, -0.2) is 9.97 Å². The fraction of sp³-hybridized carbons (Fsp3) is 0. The molecule has 0 saturated carbocycles. The first-order valence-corrected chi connectivity index (χ1v) is 18.4. The Morgan fingerprint density at radius 3 is 1.07 bits per heavy atom. The molecular formula is C52H34N2. The van der Waals surface area contributed by atoms with Gasteiger partial charge in [0.25, 0.3) is 0 Å². The van der Waals surface area contributed by atoms with Crippen molar-refractivity contribution in [3.05, 3.63) is 206 Å². The van der Waals surface area contributed by atoms with Crippen LogP contribution < -0.4 is 0 Å². The van der Waals surface area contributed by atoms with Crippen LogP contribution in [0.2, 0.25) is 0 Å². The van der Waals surface area contributed by atoms with Gasteiger partial charge in [0, 0.05) is 16.7 Å². The van der Waals surface area contributed by atoms with Crippen LogP contribution in [0, 0.1) is 0 Å². The second-order valence-electron chi connectivity index (χ2n) is 13.8. The van der Waals surface area contributed by atoms with E-state index in [1.54, 1.807) is 0 Å². The molecule has 54 heavy (non-hydrogen) atoms. The zero-order valence-corrected chi connectivity index (χ0v) is 29.5. The third-order valence-corrected chi connectivity index (χ3v) is 10.5. The van der Waals surface area contributed by atoms with Crippen molar-refractivity contribution in [1.82, 2.24) is 9.97 Å². The Morgan fingerprint density at radius 2 is 0.556 bits per heavy atom. The van der Waals surface area contributed by atoms with E-state index in [2.05, 4.69) is 170 Å². The molecule has 0 fully saturated rings. The molecule has 0 aliphatic carbocycles. The number of fused-ring (bicyclic) bond motifs is 6. The summed E-state index contributed by atoms with van der Waals surface area (Å²) in [6.07, 6.45) is 0. The smallest absolute Gasteiger partial charge is 0.160 e. The molecule has 0 radical (unpaired) electrons. The van der Waals surface area contributed by atoms with Gasteiger partial charge in [0.1, 0.15) is 0 Å². The fourth-order valence-electron chi connectivity index (χ4n) is 7.77. The Hall–Kier alpha value is -7.16. The number of rotatable bonds is 6. The summed E-state index contributed by atoms with van der Waals surface area (Å²) in [5, 5.41) is 7.74. The van der Waals surface area contributed by atoms with Gasteiger partial charge in [-0.1, -0.05) is 176 Å². The quantitative estimate of drug-likeness (QED) is 0.163. The molecule has 252 valence electrons. The minimum atomic E-state index is 0.715. The molecule has 0 bridgehead atoms. The third-order valence-electron chi connectivity index (χ3n) is 10.5. The van der Waals surface area contributed by atoms with Crippen LogP contribution in [0.3, 0.4) is 0 Å². The average molecular weight is 687 g/mol. The van der Waals surface area contributed by atoms with Crippen LogP contribution in [-0.4, -0.2) is 9.97 Å². The summed E-state index contributed by atoms with van der Waals surface area (Å²) in [6, 6.07) is 73.5. The molecule has 0 atom stereocenters. The Kier molecular flexibility index (Phi) is 7.85. The summed E-state index contributed by atoms with van der Waals surface area (Å²) in [5.41, 5.74) is 12.0. The Bertz CT molecular complexity index is 2890. The van der Waals surface area contributed by atoms with E-state index in [1.165, 1.54) is 54.6 Å². The SMILES string of the molecule is c1ccc(-c2cc(-c3cccc(-c4cccc(-c5cccc(-c6ccc7c8ccccc8c8ccccc8c7c6)c5)c4)c3)nc(-c3ccccc3)n2)cc1. The second kappa shape index (κ2) is 13.4. The van der Waals surface area contributed by atoms with Crippen LogP contribution in [0.4, 0.5) is 0 Å². The summed E-state index contributed by atoms with van der Waals surface area (Å²) in [4.78, 5) is 10.1. The van der Waals surface area contributed by atoms with Crippen LogP contribution in [0.15, 0.2) is 206 Å². The molecule has 0 aliphatic heterocycles. The lowest BCUT2D eigenvalue weighted by Gasteiger charge is -2.13. The second-order valence-corrected chi connectivity index (χ2v) is 13.8. The summed E-state index contributed by atoms with van der Waals surface area (Å²) in [7, 11) is 0. The van der Waals surface area contributed by atoms with Crippen LogP contribution in [-0.2, 0) is 0 Å². The van der Waals surface area contributed by atoms with Crippen molar-refractivity contribution in [3.8, 4) is 67.3 Å². The number of hydrogen-bond acceptors (Lipinski definition) is 2.